The first-order valence-corrected chi connectivity index (χ1v) is 15.1. The summed E-state index contributed by atoms with van der Waals surface area (Å²) < 4.78 is 37.4. The van der Waals surface area contributed by atoms with E-state index in [2.05, 4.69) is 10.6 Å². The standard InChI is InChI=1S/C29H38N4O7S/c1-28(2,3)40-27(36)32-29(13-17-39-18-14-29)26(35)31-24(25(30)34)19-20-5-7-21(8-6-20)22-9-11-23(12-10-22)41(37,38)33-15-4-16-33/h5-12,24H,4,13-19H2,1-3H3,(H2,30,34)(H,31,35)(H,32,36)/t24-/m0/s1. The number of hydrogen-bond acceptors (Lipinski definition) is 7. The average molecular weight is 587 g/mol. The molecule has 0 unspecified atom stereocenters. The summed E-state index contributed by atoms with van der Waals surface area (Å²) in [6, 6.07) is 13.1. The zero-order valence-electron chi connectivity index (χ0n) is 23.6. The van der Waals surface area contributed by atoms with Gasteiger partial charge in [0.1, 0.15) is 17.2 Å². The van der Waals surface area contributed by atoms with E-state index in [1.165, 1.54) is 4.31 Å². The maximum atomic E-state index is 13.4. The summed E-state index contributed by atoms with van der Waals surface area (Å²) in [5.74, 6) is -1.23. The molecule has 4 rings (SSSR count). The summed E-state index contributed by atoms with van der Waals surface area (Å²) in [4.78, 5) is 38.6. The van der Waals surface area contributed by atoms with Gasteiger partial charge in [0.25, 0.3) is 0 Å². The predicted octanol–water partition coefficient (Wildman–Crippen LogP) is 2.33. The molecule has 0 saturated carbocycles. The van der Waals surface area contributed by atoms with Crippen LogP contribution in [0.25, 0.3) is 11.1 Å². The Hall–Kier alpha value is -3.48. The fraction of sp³-hybridized carbons (Fsp3) is 0.483. The van der Waals surface area contributed by atoms with E-state index < -0.39 is 45.1 Å². The van der Waals surface area contributed by atoms with Crippen LogP contribution in [0.4, 0.5) is 4.79 Å². The number of rotatable bonds is 9. The summed E-state index contributed by atoms with van der Waals surface area (Å²) in [6.45, 7) is 6.80. The van der Waals surface area contributed by atoms with Crippen LogP contribution in [0.1, 0.15) is 45.6 Å². The zero-order valence-corrected chi connectivity index (χ0v) is 24.5. The van der Waals surface area contributed by atoms with Gasteiger partial charge < -0.3 is 25.8 Å². The summed E-state index contributed by atoms with van der Waals surface area (Å²) in [6.07, 6.45) is 0.732. The van der Waals surface area contributed by atoms with E-state index in [0.717, 1.165) is 23.1 Å². The van der Waals surface area contributed by atoms with Crippen molar-refractivity contribution in [1.82, 2.24) is 14.9 Å². The molecule has 2 heterocycles. The summed E-state index contributed by atoms with van der Waals surface area (Å²) >= 11 is 0. The largest absolute Gasteiger partial charge is 0.444 e. The molecule has 0 aromatic heterocycles. The van der Waals surface area contributed by atoms with Gasteiger partial charge in [-0.15, -0.1) is 0 Å². The number of nitrogens with two attached hydrogens (primary N) is 1. The Morgan fingerprint density at radius 3 is 2.05 bits per heavy atom. The number of nitrogens with zero attached hydrogens (tertiary/aromatic N) is 1. The lowest BCUT2D eigenvalue weighted by Crippen LogP contribution is -2.64. The van der Waals surface area contributed by atoms with Crippen molar-refractivity contribution in [2.75, 3.05) is 26.3 Å². The van der Waals surface area contributed by atoms with E-state index in [9.17, 15) is 22.8 Å². The van der Waals surface area contributed by atoms with E-state index >= 15 is 0 Å². The SMILES string of the molecule is CC(C)(C)OC(=O)NC1(C(=O)N[C@@H](Cc2ccc(-c3ccc(S(=O)(=O)N4CCC4)cc3)cc2)C(N)=O)CCOCC1. The molecule has 2 fully saturated rings. The quantitative estimate of drug-likeness (QED) is 0.407. The minimum atomic E-state index is -3.45. The average Bonchev–Trinajstić information content (AvgIpc) is 2.87. The first-order chi connectivity index (χ1) is 19.3. The Balaban J connectivity index is 1.43. The van der Waals surface area contributed by atoms with Crippen LogP contribution < -0.4 is 16.4 Å². The van der Waals surface area contributed by atoms with Gasteiger partial charge in [0.2, 0.25) is 21.8 Å². The highest BCUT2D eigenvalue weighted by Gasteiger charge is 2.43. The van der Waals surface area contributed by atoms with Gasteiger partial charge in [-0.25, -0.2) is 13.2 Å². The van der Waals surface area contributed by atoms with Crippen molar-refractivity contribution < 1.29 is 32.3 Å². The Morgan fingerprint density at radius 2 is 1.56 bits per heavy atom. The van der Waals surface area contributed by atoms with Crippen molar-refractivity contribution in [2.24, 2.45) is 5.73 Å². The molecule has 41 heavy (non-hydrogen) atoms. The first kappa shape index (κ1) is 30.5. The van der Waals surface area contributed by atoms with Crippen molar-refractivity contribution in [1.29, 1.82) is 0 Å². The van der Waals surface area contributed by atoms with E-state index in [4.69, 9.17) is 15.2 Å². The molecular weight excluding hydrogens is 548 g/mol. The topological polar surface area (TPSA) is 157 Å². The highest BCUT2D eigenvalue weighted by Crippen LogP contribution is 2.26. The predicted molar refractivity (Wildman–Crippen MR) is 152 cm³/mol. The Morgan fingerprint density at radius 1 is 1.00 bits per heavy atom. The third-order valence-corrected chi connectivity index (χ3v) is 9.12. The van der Waals surface area contributed by atoms with Gasteiger partial charge in [0.05, 0.1) is 4.90 Å². The smallest absolute Gasteiger partial charge is 0.408 e. The van der Waals surface area contributed by atoms with Crippen molar-refractivity contribution in [3.8, 4) is 11.1 Å². The van der Waals surface area contributed by atoms with Crippen molar-refractivity contribution in [3.05, 3.63) is 54.1 Å². The molecule has 1 atom stereocenters. The number of benzene rings is 2. The molecule has 4 N–H and O–H groups in total. The van der Waals surface area contributed by atoms with Gasteiger partial charge in [-0.05, 0) is 56.0 Å². The number of carbonyl (C=O) groups is 3. The molecule has 0 radical (unpaired) electrons. The van der Waals surface area contributed by atoms with Gasteiger partial charge in [0.15, 0.2) is 0 Å². The van der Waals surface area contributed by atoms with Gasteiger partial charge in [-0.3, -0.25) is 9.59 Å². The molecule has 0 aliphatic carbocycles. The van der Waals surface area contributed by atoms with Crippen LogP contribution in [-0.2, 0) is 35.5 Å². The van der Waals surface area contributed by atoms with Crippen LogP contribution in [0.15, 0.2) is 53.4 Å². The van der Waals surface area contributed by atoms with Gasteiger partial charge in [-0.2, -0.15) is 4.31 Å². The third-order valence-electron chi connectivity index (χ3n) is 7.20. The molecule has 222 valence electrons. The molecular formula is C29H38N4O7S. The number of nitrogens with one attached hydrogen (secondary N) is 2. The maximum absolute atomic E-state index is 13.4. The second-order valence-corrected chi connectivity index (χ2v) is 13.4. The van der Waals surface area contributed by atoms with Crippen LogP contribution in [0.3, 0.4) is 0 Å². The number of hydrogen-bond donors (Lipinski definition) is 3. The molecule has 11 nitrogen and oxygen atoms in total. The molecule has 2 aromatic rings. The molecule has 0 spiro atoms. The van der Waals surface area contributed by atoms with Crippen LogP contribution in [0.5, 0.6) is 0 Å². The van der Waals surface area contributed by atoms with E-state index in [1.54, 1.807) is 45.0 Å². The Labute approximate surface area is 240 Å². The van der Waals surface area contributed by atoms with E-state index in [1.807, 2.05) is 24.3 Å². The van der Waals surface area contributed by atoms with E-state index in [-0.39, 0.29) is 37.4 Å². The molecule has 3 amide bonds. The molecule has 2 aromatic carbocycles. The van der Waals surface area contributed by atoms with Gasteiger partial charge in [-0.1, -0.05) is 36.4 Å². The molecule has 2 aliphatic heterocycles. The lowest BCUT2D eigenvalue weighted by molar-refractivity contribution is -0.135. The van der Waals surface area contributed by atoms with Crippen LogP contribution in [-0.4, -0.2) is 74.1 Å². The number of primary amides is 1. The fourth-order valence-corrected chi connectivity index (χ4v) is 6.23. The number of alkyl carbamates (subject to hydrolysis) is 1. The second kappa shape index (κ2) is 12.2. The van der Waals surface area contributed by atoms with Crippen molar-refractivity contribution in [3.63, 3.8) is 0 Å². The van der Waals surface area contributed by atoms with E-state index in [0.29, 0.717) is 13.1 Å². The monoisotopic (exact) mass is 586 g/mol. The zero-order chi connectivity index (χ0) is 29.8. The minimum absolute atomic E-state index is 0.146. The number of ether oxygens (including phenoxy) is 2. The maximum Gasteiger partial charge on any atom is 0.408 e. The summed E-state index contributed by atoms with van der Waals surface area (Å²) in [7, 11) is -3.45. The molecule has 0 bridgehead atoms. The number of amides is 3. The fourth-order valence-electron chi connectivity index (χ4n) is 4.71. The van der Waals surface area contributed by atoms with Gasteiger partial charge >= 0.3 is 6.09 Å². The highest BCUT2D eigenvalue weighted by molar-refractivity contribution is 7.89. The normalized spacial score (nSPS) is 18.0. The summed E-state index contributed by atoms with van der Waals surface area (Å²) in [5, 5.41) is 5.43. The highest BCUT2D eigenvalue weighted by atomic mass is 32.2. The Bertz CT molecular complexity index is 1360. The van der Waals surface area contributed by atoms with Crippen LogP contribution >= 0.6 is 0 Å². The number of carbonyl (C=O) groups excluding carboxylic acids is 3. The number of sulfonamides is 1. The van der Waals surface area contributed by atoms with Crippen LogP contribution in [0.2, 0.25) is 0 Å². The second-order valence-electron chi connectivity index (χ2n) is 11.4. The van der Waals surface area contributed by atoms with Crippen LogP contribution in [0, 0.1) is 0 Å². The lowest BCUT2D eigenvalue weighted by Gasteiger charge is -2.37. The lowest BCUT2D eigenvalue weighted by atomic mass is 9.88. The van der Waals surface area contributed by atoms with Crippen molar-refractivity contribution in [2.45, 2.75) is 68.5 Å². The summed E-state index contributed by atoms with van der Waals surface area (Å²) in [5.41, 5.74) is 6.07. The third kappa shape index (κ3) is 7.43. The Kier molecular flexibility index (Phi) is 9.05. The molecule has 12 heteroatoms. The van der Waals surface area contributed by atoms with Crippen molar-refractivity contribution >= 4 is 27.9 Å². The van der Waals surface area contributed by atoms with Gasteiger partial charge in [0, 0.05) is 45.6 Å². The molecule has 2 saturated heterocycles. The first-order valence-electron chi connectivity index (χ1n) is 13.7. The minimum Gasteiger partial charge on any atom is -0.444 e. The molecule has 2 aliphatic rings.